The van der Waals surface area contributed by atoms with Crippen molar-refractivity contribution in [1.82, 2.24) is 0 Å². The smallest absolute Gasteiger partial charge is 0.306 e. The van der Waals surface area contributed by atoms with Crippen molar-refractivity contribution >= 4 is 5.97 Å². The molecule has 0 aromatic carbocycles. The molecule has 200 valence electrons. The van der Waals surface area contributed by atoms with E-state index >= 15 is 0 Å². The van der Waals surface area contributed by atoms with Gasteiger partial charge < -0.3 is 5.11 Å². The molecule has 0 aromatic heterocycles. The van der Waals surface area contributed by atoms with Gasteiger partial charge in [0.05, 0.1) is 5.92 Å². The van der Waals surface area contributed by atoms with Crippen molar-refractivity contribution in [2.45, 2.75) is 168 Å². The van der Waals surface area contributed by atoms with Crippen molar-refractivity contribution in [2.75, 3.05) is 0 Å². The summed E-state index contributed by atoms with van der Waals surface area (Å²) in [5, 5.41) is 9.54. The van der Waals surface area contributed by atoms with Crippen LogP contribution in [0.5, 0.6) is 0 Å². The highest BCUT2D eigenvalue weighted by atomic mass is 16.4. The minimum Gasteiger partial charge on any atom is -0.481 e. The van der Waals surface area contributed by atoms with E-state index in [0.29, 0.717) is 0 Å². The third kappa shape index (κ3) is 25.6. The lowest BCUT2D eigenvalue weighted by atomic mass is 9.94. The summed E-state index contributed by atoms with van der Waals surface area (Å²) in [6.45, 7) is 4.52. The number of hydrogen-bond donors (Lipinski definition) is 1. The maximum Gasteiger partial charge on any atom is 0.306 e. The second-order valence-corrected chi connectivity index (χ2v) is 10.4. The summed E-state index contributed by atoms with van der Waals surface area (Å²) in [7, 11) is 0. The Kier molecular flexibility index (Phi) is 27.3. The summed E-state index contributed by atoms with van der Waals surface area (Å²) >= 11 is 0. The fourth-order valence-electron chi connectivity index (χ4n) is 4.61. The first-order valence-electron chi connectivity index (χ1n) is 15.2. The third-order valence-electron chi connectivity index (χ3n) is 6.98. The van der Waals surface area contributed by atoms with Crippen LogP contribution in [0.15, 0.2) is 24.3 Å². The molecule has 0 amide bonds. The second-order valence-electron chi connectivity index (χ2n) is 10.4. The molecule has 0 rings (SSSR count). The SMILES string of the molecule is CCCCCC/C=C\CCCCCCCCC(CCCCCC/C=C\CCCCCC)C(=O)O. The lowest BCUT2D eigenvalue weighted by Crippen LogP contribution is -2.13. The van der Waals surface area contributed by atoms with E-state index in [1.165, 1.54) is 128 Å². The molecule has 0 saturated heterocycles. The van der Waals surface area contributed by atoms with Crippen molar-refractivity contribution in [1.29, 1.82) is 0 Å². The van der Waals surface area contributed by atoms with Gasteiger partial charge in [-0.25, -0.2) is 0 Å². The van der Waals surface area contributed by atoms with Gasteiger partial charge in [0.2, 0.25) is 0 Å². The van der Waals surface area contributed by atoms with Crippen LogP contribution in [-0.4, -0.2) is 11.1 Å². The zero-order chi connectivity index (χ0) is 25.0. The molecule has 0 radical (unpaired) electrons. The first-order chi connectivity index (χ1) is 16.7. The lowest BCUT2D eigenvalue weighted by molar-refractivity contribution is -0.142. The zero-order valence-corrected chi connectivity index (χ0v) is 23.2. The Morgan fingerprint density at radius 3 is 1.12 bits per heavy atom. The van der Waals surface area contributed by atoms with E-state index in [2.05, 4.69) is 38.2 Å². The Bertz CT molecular complexity index is 466. The normalized spacial score (nSPS) is 12.8. The van der Waals surface area contributed by atoms with E-state index in [1.807, 2.05) is 0 Å². The topological polar surface area (TPSA) is 37.3 Å². The van der Waals surface area contributed by atoms with Gasteiger partial charge in [0.1, 0.15) is 0 Å². The molecular formula is C32H60O2. The molecule has 0 bridgehead atoms. The number of hydrogen-bond acceptors (Lipinski definition) is 1. The van der Waals surface area contributed by atoms with Gasteiger partial charge in [-0.15, -0.1) is 0 Å². The lowest BCUT2D eigenvalue weighted by Gasteiger charge is -2.12. The van der Waals surface area contributed by atoms with Crippen LogP contribution < -0.4 is 0 Å². The highest BCUT2D eigenvalue weighted by Crippen LogP contribution is 2.19. The Balaban J connectivity index is 3.51. The highest BCUT2D eigenvalue weighted by molar-refractivity contribution is 5.69. The van der Waals surface area contributed by atoms with Crippen LogP contribution in [0.2, 0.25) is 0 Å². The maximum absolute atomic E-state index is 11.6. The van der Waals surface area contributed by atoms with Crippen LogP contribution in [0, 0.1) is 5.92 Å². The Labute approximate surface area is 214 Å². The third-order valence-corrected chi connectivity index (χ3v) is 6.98. The van der Waals surface area contributed by atoms with E-state index in [4.69, 9.17) is 0 Å². The van der Waals surface area contributed by atoms with Gasteiger partial charge in [0.25, 0.3) is 0 Å². The quantitative estimate of drug-likeness (QED) is 0.0945. The number of carbonyl (C=O) groups is 1. The van der Waals surface area contributed by atoms with Gasteiger partial charge in [-0.05, 0) is 64.2 Å². The fraction of sp³-hybridized carbons (Fsp3) is 0.844. The summed E-state index contributed by atoms with van der Waals surface area (Å²) < 4.78 is 0. The number of unbranched alkanes of at least 4 members (excludes halogenated alkanes) is 18. The van der Waals surface area contributed by atoms with Crippen molar-refractivity contribution in [3.8, 4) is 0 Å². The van der Waals surface area contributed by atoms with Crippen LogP contribution in [-0.2, 0) is 4.79 Å². The molecule has 0 fully saturated rings. The monoisotopic (exact) mass is 476 g/mol. The average Bonchev–Trinajstić information content (AvgIpc) is 2.83. The predicted octanol–water partition coefficient (Wildman–Crippen LogP) is 11.2. The van der Waals surface area contributed by atoms with Crippen LogP contribution in [0.25, 0.3) is 0 Å². The van der Waals surface area contributed by atoms with Crippen LogP contribution >= 0.6 is 0 Å². The van der Waals surface area contributed by atoms with Crippen molar-refractivity contribution in [2.24, 2.45) is 5.92 Å². The van der Waals surface area contributed by atoms with Crippen LogP contribution in [0.4, 0.5) is 0 Å². The van der Waals surface area contributed by atoms with Crippen molar-refractivity contribution < 1.29 is 9.90 Å². The first-order valence-corrected chi connectivity index (χ1v) is 15.2. The van der Waals surface area contributed by atoms with E-state index in [0.717, 1.165) is 25.7 Å². The van der Waals surface area contributed by atoms with Crippen LogP contribution in [0.1, 0.15) is 168 Å². The standard InChI is InChI=1S/C32H60O2/c1-3-5-7-9-11-13-15-17-18-20-22-24-26-28-30-31(32(33)34)29-27-25-23-21-19-16-14-12-10-8-6-4-2/h13-16,31H,3-12,17-30H2,1-2H3,(H,33,34)/b15-13-,16-14-. The zero-order valence-electron chi connectivity index (χ0n) is 23.2. The van der Waals surface area contributed by atoms with Gasteiger partial charge in [-0.3, -0.25) is 4.79 Å². The number of carboxylic acid groups (broad SMARTS) is 1. The summed E-state index contributed by atoms with van der Waals surface area (Å²) in [5.41, 5.74) is 0. The molecule has 1 N–H and O–H groups in total. The van der Waals surface area contributed by atoms with E-state index in [1.54, 1.807) is 0 Å². The van der Waals surface area contributed by atoms with Crippen LogP contribution in [0.3, 0.4) is 0 Å². The number of aliphatic carboxylic acids is 1. The molecule has 1 atom stereocenters. The van der Waals surface area contributed by atoms with E-state index < -0.39 is 5.97 Å². The first kappa shape index (κ1) is 33.0. The molecule has 34 heavy (non-hydrogen) atoms. The van der Waals surface area contributed by atoms with Crippen molar-refractivity contribution in [3.05, 3.63) is 24.3 Å². The second kappa shape index (κ2) is 28.2. The number of rotatable bonds is 27. The molecule has 0 aliphatic carbocycles. The van der Waals surface area contributed by atoms with E-state index in [-0.39, 0.29) is 5.92 Å². The molecule has 2 nitrogen and oxygen atoms in total. The molecular weight excluding hydrogens is 416 g/mol. The van der Waals surface area contributed by atoms with Crippen molar-refractivity contribution in [3.63, 3.8) is 0 Å². The Hall–Kier alpha value is -1.05. The predicted molar refractivity (Wildman–Crippen MR) is 152 cm³/mol. The minimum absolute atomic E-state index is 0.120. The fourth-order valence-corrected chi connectivity index (χ4v) is 4.61. The number of carboxylic acids is 1. The highest BCUT2D eigenvalue weighted by Gasteiger charge is 2.16. The van der Waals surface area contributed by atoms with Gasteiger partial charge in [-0.1, -0.05) is 128 Å². The largest absolute Gasteiger partial charge is 0.481 e. The van der Waals surface area contributed by atoms with Gasteiger partial charge in [-0.2, -0.15) is 0 Å². The van der Waals surface area contributed by atoms with E-state index in [9.17, 15) is 9.90 Å². The molecule has 0 heterocycles. The summed E-state index contributed by atoms with van der Waals surface area (Å²) in [5.74, 6) is -0.696. The Morgan fingerprint density at radius 1 is 0.500 bits per heavy atom. The molecule has 2 heteroatoms. The summed E-state index contributed by atoms with van der Waals surface area (Å²) in [6, 6.07) is 0. The van der Waals surface area contributed by atoms with Gasteiger partial charge >= 0.3 is 5.97 Å². The summed E-state index contributed by atoms with van der Waals surface area (Å²) in [6.07, 6.45) is 39.1. The molecule has 0 aromatic rings. The summed E-state index contributed by atoms with van der Waals surface area (Å²) in [4.78, 5) is 11.6. The molecule has 0 spiro atoms. The molecule has 0 aliphatic heterocycles. The molecule has 0 aliphatic rings. The minimum atomic E-state index is -0.576. The van der Waals surface area contributed by atoms with Gasteiger partial charge in [0, 0.05) is 0 Å². The Morgan fingerprint density at radius 2 is 0.794 bits per heavy atom. The van der Waals surface area contributed by atoms with Gasteiger partial charge in [0.15, 0.2) is 0 Å². The maximum atomic E-state index is 11.6. The molecule has 1 unspecified atom stereocenters. The number of allylic oxidation sites excluding steroid dienone is 4. The molecule has 0 saturated carbocycles. The average molecular weight is 477 g/mol.